The van der Waals surface area contributed by atoms with Crippen LogP contribution in [0.1, 0.15) is 42.6 Å². The second-order valence-electron chi connectivity index (χ2n) is 7.24. The van der Waals surface area contributed by atoms with E-state index in [1.54, 1.807) is 7.05 Å². The molecule has 9 nitrogen and oxygen atoms in total. The van der Waals surface area contributed by atoms with Crippen molar-refractivity contribution in [2.75, 3.05) is 26.3 Å². The van der Waals surface area contributed by atoms with Crippen LogP contribution in [0, 0.1) is 0 Å². The zero-order valence-electron chi connectivity index (χ0n) is 15.3. The largest absolute Gasteiger partial charge is 0.481 e. The Hall–Kier alpha value is -1.91. The van der Waals surface area contributed by atoms with E-state index in [1.165, 1.54) is 21.1 Å². The van der Waals surface area contributed by atoms with Gasteiger partial charge in [0, 0.05) is 32.9 Å². The first-order valence-electron chi connectivity index (χ1n) is 9.02. The molecule has 0 spiro atoms. The van der Waals surface area contributed by atoms with Crippen LogP contribution < -0.4 is 5.32 Å². The Labute approximate surface area is 158 Å². The summed E-state index contributed by atoms with van der Waals surface area (Å²) in [6.45, 7) is 1.46. The molecule has 27 heavy (non-hydrogen) atoms. The van der Waals surface area contributed by atoms with Crippen molar-refractivity contribution < 1.29 is 27.9 Å². The van der Waals surface area contributed by atoms with Crippen molar-refractivity contribution in [1.29, 1.82) is 0 Å². The number of piperidine rings is 1. The zero-order chi connectivity index (χ0) is 19.7. The minimum Gasteiger partial charge on any atom is -0.481 e. The molecule has 2 aliphatic heterocycles. The second-order valence-corrected chi connectivity index (χ2v) is 9.18. The van der Waals surface area contributed by atoms with Crippen molar-refractivity contribution in [2.24, 2.45) is 7.05 Å². The average molecular weight is 399 g/mol. The van der Waals surface area contributed by atoms with Gasteiger partial charge in [-0.1, -0.05) is 6.42 Å². The van der Waals surface area contributed by atoms with Crippen LogP contribution in [-0.2, 0) is 26.6 Å². The maximum atomic E-state index is 12.8. The molecule has 3 heterocycles. The number of aromatic nitrogens is 1. The van der Waals surface area contributed by atoms with E-state index in [0.717, 1.165) is 19.3 Å². The van der Waals surface area contributed by atoms with Gasteiger partial charge in [0.15, 0.2) is 0 Å². The number of ether oxygens (including phenoxy) is 1. The van der Waals surface area contributed by atoms with E-state index >= 15 is 0 Å². The summed E-state index contributed by atoms with van der Waals surface area (Å²) in [5, 5.41) is 11.9. The van der Waals surface area contributed by atoms with Gasteiger partial charge in [-0.2, -0.15) is 4.31 Å². The average Bonchev–Trinajstić information content (AvgIpc) is 3.22. The van der Waals surface area contributed by atoms with Gasteiger partial charge < -0.3 is 19.7 Å². The number of carbonyl (C=O) groups excluding carboxylic acids is 1. The molecule has 3 rings (SSSR count). The lowest BCUT2D eigenvalue weighted by Crippen LogP contribution is -2.50. The molecule has 2 saturated heterocycles. The van der Waals surface area contributed by atoms with Crippen molar-refractivity contribution in [3.63, 3.8) is 0 Å². The lowest BCUT2D eigenvalue weighted by molar-refractivity contribution is -0.138. The number of carboxylic acids is 1. The van der Waals surface area contributed by atoms with Gasteiger partial charge in [-0.3, -0.25) is 9.59 Å². The topological polar surface area (TPSA) is 118 Å². The van der Waals surface area contributed by atoms with Gasteiger partial charge in [0.1, 0.15) is 10.6 Å². The fraction of sp³-hybridized carbons (Fsp3) is 0.647. The monoisotopic (exact) mass is 399 g/mol. The van der Waals surface area contributed by atoms with Crippen molar-refractivity contribution in [3.8, 4) is 0 Å². The highest BCUT2D eigenvalue weighted by molar-refractivity contribution is 7.89. The fourth-order valence-electron chi connectivity index (χ4n) is 3.64. The summed E-state index contributed by atoms with van der Waals surface area (Å²) in [5.41, 5.74) is -0.804. The molecule has 10 heteroatoms. The Morgan fingerprint density at radius 1 is 1.30 bits per heavy atom. The maximum Gasteiger partial charge on any atom is 0.305 e. The van der Waals surface area contributed by atoms with E-state index in [4.69, 9.17) is 9.84 Å². The Bertz CT molecular complexity index is 820. The molecule has 1 aromatic heterocycles. The number of aryl methyl sites for hydroxylation is 1. The van der Waals surface area contributed by atoms with Gasteiger partial charge in [0.2, 0.25) is 10.0 Å². The van der Waals surface area contributed by atoms with E-state index < -0.39 is 27.4 Å². The first-order valence-corrected chi connectivity index (χ1v) is 10.5. The summed E-state index contributed by atoms with van der Waals surface area (Å²) in [4.78, 5) is 24.0. The predicted octanol–water partition coefficient (Wildman–Crippen LogP) is 0.563. The standard InChI is InChI=1S/C17H25N3O6S/c1-19-11-13(27(24,25)20-6-3-2-4-7-20)9-14(19)16(23)18-17(10-15(21)22)5-8-26-12-17/h9,11H,2-8,10,12H2,1H3,(H,18,23)(H,21,22). The SMILES string of the molecule is Cn1cc(S(=O)(=O)N2CCCCC2)cc1C(=O)NC1(CC(=O)O)CCOC1. The maximum absolute atomic E-state index is 12.8. The highest BCUT2D eigenvalue weighted by Gasteiger charge is 2.39. The molecule has 150 valence electrons. The first-order chi connectivity index (χ1) is 12.7. The summed E-state index contributed by atoms with van der Waals surface area (Å²) < 4.78 is 33.8. The van der Waals surface area contributed by atoms with Crippen molar-refractivity contribution in [3.05, 3.63) is 18.0 Å². The molecule has 0 aromatic carbocycles. The summed E-state index contributed by atoms with van der Waals surface area (Å²) in [5.74, 6) is -1.54. The number of aliphatic carboxylic acids is 1. The number of hydrogen-bond acceptors (Lipinski definition) is 5. The molecular formula is C17H25N3O6S. The van der Waals surface area contributed by atoms with Crippen LogP contribution in [0.3, 0.4) is 0 Å². The van der Waals surface area contributed by atoms with E-state index in [9.17, 15) is 18.0 Å². The summed E-state index contributed by atoms with van der Waals surface area (Å²) >= 11 is 0. The van der Waals surface area contributed by atoms with Crippen LogP contribution in [0.15, 0.2) is 17.2 Å². The number of carboxylic acid groups (broad SMARTS) is 1. The van der Waals surface area contributed by atoms with Gasteiger partial charge in [-0.25, -0.2) is 8.42 Å². The normalized spacial score (nSPS) is 24.0. The molecule has 1 aromatic rings. The molecule has 1 atom stereocenters. The predicted molar refractivity (Wildman–Crippen MR) is 95.9 cm³/mol. The Kier molecular flexibility index (Phi) is 5.59. The van der Waals surface area contributed by atoms with Crippen LogP contribution in [0.25, 0.3) is 0 Å². The van der Waals surface area contributed by atoms with E-state index in [1.807, 2.05) is 0 Å². The molecular weight excluding hydrogens is 374 g/mol. The summed E-state index contributed by atoms with van der Waals surface area (Å²) in [6, 6.07) is 1.35. The number of nitrogens with zero attached hydrogens (tertiary/aromatic N) is 2. The number of amides is 1. The van der Waals surface area contributed by atoms with Gasteiger partial charge in [-0.05, 0) is 25.3 Å². The third-order valence-electron chi connectivity index (χ3n) is 5.14. The highest BCUT2D eigenvalue weighted by atomic mass is 32.2. The Morgan fingerprint density at radius 2 is 2.00 bits per heavy atom. The number of hydrogen-bond donors (Lipinski definition) is 2. The minimum absolute atomic E-state index is 0.0759. The Morgan fingerprint density at radius 3 is 2.59 bits per heavy atom. The third-order valence-corrected chi connectivity index (χ3v) is 7.00. The molecule has 1 amide bonds. The van der Waals surface area contributed by atoms with Crippen LogP contribution >= 0.6 is 0 Å². The molecule has 0 radical (unpaired) electrons. The number of nitrogens with one attached hydrogen (secondary N) is 1. The van der Waals surface area contributed by atoms with Crippen LogP contribution in [-0.4, -0.2) is 66.1 Å². The van der Waals surface area contributed by atoms with Gasteiger partial charge >= 0.3 is 5.97 Å². The van der Waals surface area contributed by atoms with Crippen molar-refractivity contribution in [2.45, 2.75) is 42.5 Å². The molecule has 2 aliphatic rings. The van der Waals surface area contributed by atoms with Gasteiger partial charge in [-0.15, -0.1) is 0 Å². The fourth-order valence-corrected chi connectivity index (χ4v) is 5.23. The number of carbonyl (C=O) groups is 2. The van der Waals surface area contributed by atoms with Crippen LogP contribution in [0.2, 0.25) is 0 Å². The van der Waals surface area contributed by atoms with E-state index in [0.29, 0.717) is 26.1 Å². The Balaban J connectivity index is 1.81. The molecule has 0 aliphatic carbocycles. The molecule has 0 saturated carbocycles. The smallest absolute Gasteiger partial charge is 0.305 e. The van der Waals surface area contributed by atoms with Crippen molar-refractivity contribution >= 4 is 21.9 Å². The third kappa shape index (κ3) is 4.17. The molecule has 1 unspecified atom stereocenters. The minimum atomic E-state index is -3.65. The number of sulfonamides is 1. The zero-order valence-corrected chi connectivity index (χ0v) is 16.1. The quantitative estimate of drug-likeness (QED) is 0.722. The first kappa shape index (κ1) is 19.8. The highest BCUT2D eigenvalue weighted by Crippen LogP contribution is 2.25. The van der Waals surface area contributed by atoms with Gasteiger partial charge in [0.25, 0.3) is 5.91 Å². The van der Waals surface area contributed by atoms with Crippen LogP contribution in [0.4, 0.5) is 0 Å². The molecule has 2 fully saturated rings. The second kappa shape index (κ2) is 7.61. The lowest BCUT2D eigenvalue weighted by atomic mass is 9.94. The van der Waals surface area contributed by atoms with E-state index in [-0.39, 0.29) is 23.6 Å². The lowest BCUT2D eigenvalue weighted by Gasteiger charge is -2.27. The number of rotatable bonds is 6. The van der Waals surface area contributed by atoms with Gasteiger partial charge in [0.05, 0.1) is 18.6 Å². The van der Waals surface area contributed by atoms with Crippen molar-refractivity contribution in [1.82, 2.24) is 14.2 Å². The van der Waals surface area contributed by atoms with Crippen LogP contribution in [0.5, 0.6) is 0 Å². The van der Waals surface area contributed by atoms with E-state index in [2.05, 4.69) is 5.32 Å². The summed E-state index contributed by atoms with van der Waals surface area (Å²) in [7, 11) is -2.05. The molecule has 2 N–H and O–H groups in total. The summed E-state index contributed by atoms with van der Waals surface area (Å²) in [6.07, 6.45) is 4.25. The molecule has 0 bridgehead atoms.